The first-order chi connectivity index (χ1) is 8.26. The maximum absolute atomic E-state index is 11.8. The van der Waals surface area contributed by atoms with E-state index in [1.54, 1.807) is 20.8 Å². The summed E-state index contributed by atoms with van der Waals surface area (Å²) in [6.45, 7) is 6.20. The lowest BCUT2D eigenvalue weighted by Crippen LogP contribution is -2.40. The van der Waals surface area contributed by atoms with Crippen LogP contribution >= 0.6 is 0 Å². The van der Waals surface area contributed by atoms with Crippen LogP contribution in [-0.4, -0.2) is 44.1 Å². The first-order valence-electron chi connectivity index (χ1n) is 5.63. The minimum atomic E-state index is -1.51. The van der Waals surface area contributed by atoms with Crippen molar-refractivity contribution in [1.29, 1.82) is 0 Å². The molecule has 0 saturated carbocycles. The average molecular weight is 260 g/mol. The highest BCUT2D eigenvalue weighted by Crippen LogP contribution is 2.19. The molecular formula is C12H20O6. The Morgan fingerprint density at radius 3 is 2.17 bits per heavy atom. The van der Waals surface area contributed by atoms with Crippen molar-refractivity contribution in [3.8, 4) is 0 Å². The first-order valence-corrected chi connectivity index (χ1v) is 5.63. The highest BCUT2D eigenvalue weighted by Gasteiger charge is 2.36. The molecule has 6 heteroatoms. The highest BCUT2D eigenvalue weighted by molar-refractivity contribution is 6.02. The lowest BCUT2D eigenvalue weighted by Gasteiger charge is -2.23. The molecule has 0 aliphatic carbocycles. The van der Waals surface area contributed by atoms with Crippen LogP contribution in [0.1, 0.15) is 27.7 Å². The van der Waals surface area contributed by atoms with Crippen molar-refractivity contribution in [3.05, 3.63) is 0 Å². The Hall–Kier alpha value is -1.43. The van der Waals surface area contributed by atoms with Gasteiger partial charge in [-0.1, -0.05) is 0 Å². The number of hydrogen-bond acceptors (Lipinski definition) is 6. The number of Topliss-reactive ketones (excluding diaryl/α,β-unsaturated/α-hetero) is 1. The zero-order valence-corrected chi connectivity index (χ0v) is 11.4. The van der Waals surface area contributed by atoms with E-state index in [1.807, 2.05) is 0 Å². The largest absolute Gasteiger partial charge is 0.463 e. The van der Waals surface area contributed by atoms with E-state index in [9.17, 15) is 14.4 Å². The van der Waals surface area contributed by atoms with Crippen LogP contribution in [0.25, 0.3) is 0 Å². The molecule has 0 saturated heterocycles. The molecule has 0 radical (unpaired) electrons. The lowest BCUT2D eigenvalue weighted by molar-refractivity contribution is -0.177. The molecular weight excluding hydrogens is 240 g/mol. The standard InChI is InChI=1S/C12H20O6/c1-6-17-10(14)9(8(2)13)18-11(15)12(3,4)7-16-5/h9H,6-7H2,1-5H3. The summed E-state index contributed by atoms with van der Waals surface area (Å²) < 4.78 is 14.4. The van der Waals surface area contributed by atoms with E-state index < -0.39 is 29.2 Å². The molecule has 0 amide bonds. The molecule has 104 valence electrons. The Morgan fingerprint density at radius 1 is 1.22 bits per heavy atom. The monoisotopic (exact) mass is 260 g/mol. The molecule has 0 heterocycles. The van der Waals surface area contributed by atoms with Gasteiger partial charge in [0.1, 0.15) is 0 Å². The van der Waals surface area contributed by atoms with E-state index in [2.05, 4.69) is 4.74 Å². The van der Waals surface area contributed by atoms with Gasteiger partial charge >= 0.3 is 11.9 Å². The molecule has 6 nitrogen and oxygen atoms in total. The number of ketones is 1. The Labute approximate surface area is 107 Å². The van der Waals surface area contributed by atoms with Gasteiger partial charge in [-0.2, -0.15) is 0 Å². The van der Waals surface area contributed by atoms with Crippen molar-refractivity contribution in [2.75, 3.05) is 20.3 Å². The Bertz CT molecular complexity index is 321. The van der Waals surface area contributed by atoms with E-state index in [0.717, 1.165) is 6.92 Å². The summed E-state index contributed by atoms with van der Waals surface area (Å²) in [5, 5.41) is 0. The van der Waals surface area contributed by atoms with E-state index in [-0.39, 0.29) is 13.2 Å². The average Bonchev–Trinajstić information content (AvgIpc) is 2.24. The highest BCUT2D eigenvalue weighted by atomic mass is 16.6. The van der Waals surface area contributed by atoms with Gasteiger partial charge in [0, 0.05) is 7.11 Å². The zero-order valence-electron chi connectivity index (χ0n) is 11.4. The van der Waals surface area contributed by atoms with E-state index in [4.69, 9.17) is 9.47 Å². The second-order valence-corrected chi connectivity index (χ2v) is 4.46. The van der Waals surface area contributed by atoms with Crippen LogP contribution in [0.5, 0.6) is 0 Å². The molecule has 0 aliphatic rings. The summed E-state index contributed by atoms with van der Waals surface area (Å²) in [6, 6.07) is 0. The molecule has 0 spiro atoms. The SMILES string of the molecule is CCOC(=O)C(OC(=O)C(C)(C)COC)C(C)=O. The number of esters is 2. The van der Waals surface area contributed by atoms with Crippen molar-refractivity contribution in [2.45, 2.75) is 33.8 Å². The summed E-state index contributed by atoms with van der Waals surface area (Å²) in [5.41, 5.74) is -0.936. The Morgan fingerprint density at radius 2 is 1.78 bits per heavy atom. The number of ether oxygens (including phenoxy) is 3. The third kappa shape index (κ3) is 4.83. The van der Waals surface area contributed by atoms with Crippen LogP contribution in [0, 0.1) is 5.41 Å². The molecule has 0 rings (SSSR count). The van der Waals surface area contributed by atoms with Crippen LogP contribution in [0.15, 0.2) is 0 Å². The summed E-state index contributed by atoms with van der Waals surface area (Å²) >= 11 is 0. The number of carbonyl (C=O) groups is 3. The number of methoxy groups -OCH3 is 1. The van der Waals surface area contributed by atoms with Crippen molar-refractivity contribution >= 4 is 17.7 Å². The van der Waals surface area contributed by atoms with Gasteiger partial charge in [-0.3, -0.25) is 9.59 Å². The van der Waals surface area contributed by atoms with E-state index in [1.165, 1.54) is 7.11 Å². The molecule has 18 heavy (non-hydrogen) atoms. The van der Waals surface area contributed by atoms with Gasteiger partial charge in [0.25, 0.3) is 6.10 Å². The summed E-state index contributed by atoms with van der Waals surface area (Å²) in [7, 11) is 1.45. The second kappa shape index (κ2) is 7.10. The molecule has 0 N–H and O–H groups in total. The molecule has 1 atom stereocenters. The topological polar surface area (TPSA) is 78.9 Å². The molecule has 0 bridgehead atoms. The van der Waals surface area contributed by atoms with Crippen molar-refractivity contribution in [3.63, 3.8) is 0 Å². The maximum atomic E-state index is 11.8. The smallest absolute Gasteiger partial charge is 0.355 e. The predicted octanol–water partition coefficient (Wildman–Crippen LogP) is 0.723. The van der Waals surface area contributed by atoms with Gasteiger partial charge in [0.15, 0.2) is 5.78 Å². The summed E-state index contributed by atoms with van der Waals surface area (Å²) in [4.78, 5) is 34.5. The second-order valence-electron chi connectivity index (χ2n) is 4.46. The van der Waals surface area contributed by atoms with Gasteiger partial charge in [-0.15, -0.1) is 0 Å². The first kappa shape index (κ1) is 16.6. The van der Waals surface area contributed by atoms with Crippen molar-refractivity contribution in [1.82, 2.24) is 0 Å². The predicted molar refractivity (Wildman–Crippen MR) is 62.9 cm³/mol. The van der Waals surface area contributed by atoms with Gasteiger partial charge in [-0.25, -0.2) is 4.79 Å². The van der Waals surface area contributed by atoms with E-state index in [0.29, 0.717) is 0 Å². The Balaban J connectivity index is 4.75. The van der Waals surface area contributed by atoms with Gasteiger partial charge in [0.2, 0.25) is 0 Å². The third-order valence-electron chi connectivity index (χ3n) is 2.15. The van der Waals surface area contributed by atoms with Gasteiger partial charge in [0.05, 0.1) is 18.6 Å². The fraction of sp³-hybridized carbons (Fsp3) is 0.750. The van der Waals surface area contributed by atoms with Crippen molar-refractivity contribution in [2.24, 2.45) is 5.41 Å². The van der Waals surface area contributed by atoms with Crippen molar-refractivity contribution < 1.29 is 28.6 Å². The summed E-state index contributed by atoms with van der Waals surface area (Å²) in [6.07, 6.45) is -1.51. The summed E-state index contributed by atoms with van der Waals surface area (Å²) in [5.74, 6) is -2.11. The Kier molecular flexibility index (Phi) is 6.54. The third-order valence-corrected chi connectivity index (χ3v) is 2.15. The van der Waals surface area contributed by atoms with Crippen LogP contribution in [-0.2, 0) is 28.6 Å². The molecule has 0 aromatic heterocycles. The fourth-order valence-corrected chi connectivity index (χ4v) is 1.20. The minimum Gasteiger partial charge on any atom is -0.463 e. The van der Waals surface area contributed by atoms with Gasteiger partial charge in [-0.05, 0) is 27.7 Å². The minimum absolute atomic E-state index is 0.113. The number of rotatable bonds is 7. The normalized spacial score (nSPS) is 12.7. The zero-order chi connectivity index (χ0) is 14.3. The molecule has 0 aromatic rings. The molecule has 0 aliphatic heterocycles. The van der Waals surface area contributed by atoms with Crippen LogP contribution in [0.4, 0.5) is 0 Å². The van der Waals surface area contributed by atoms with Gasteiger partial charge < -0.3 is 14.2 Å². The lowest BCUT2D eigenvalue weighted by atomic mass is 9.95. The van der Waals surface area contributed by atoms with Crippen LogP contribution in [0.3, 0.4) is 0 Å². The molecule has 0 aromatic carbocycles. The van der Waals surface area contributed by atoms with Crippen LogP contribution < -0.4 is 0 Å². The molecule has 0 fully saturated rings. The quantitative estimate of drug-likeness (QED) is 0.496. The number of carbonyl (C=O) groups excluding carboxylic acids is 3. The van der Waals surface area contributed by atoms with Crippen LogP contribution in [0.2, 0.25) is 0 Å². The number of hydrogen-bond donors (Lipinski definition) is 0. The maximum Gasteiger partial charge on any atom is 0.355 e. The molecule has 1 unspecified atom stereocenters. The van der Waals surface area contributed by atoms with E-state index >= 15 is 0 Å². The fourth-order valence-electron chi connectivity index (χ4n) is 1.20.